The van der Waals surface area contributed by atoms with E-state index in [1.165, 1.54) is 6.33 Å². The number of benzene rings is 1. The van der Waals surface area contributed by atoms with Crippen molar-refractivity contribution in [3.63, 3.8) is 0 Å². The summed E-state index contributed by atoms with van der Waals surface area (Å²) in [6, 6.07) is 11.8. The zero-order valence-corrected chi connectivity index (χ0v) is 15.8. The van der Waals surface area contributed by atoms with Crippen LogP contribution in [0.3, 0.4) is 0 Å². The molecule has 3 aromatic heterocycles. The predicted molar refractivity (Wildman–Crippen MR) is 107 cm³/mol. The van der Waals surface area contributed by atoms with E-state index in [-0.39, 0.29) is 0 Å². The molecule has 0 aliphatic carbocycles. The Labute approximate surface area is 162 Å². The second kappa shape index (κ2) is 7.53. The smallest absolute Gasteiger partial charge is 0.155 e. The largest absolute Gasteiger partial charge is 0.390 e. The number of fused-ring (bicyclic) bond motifs is 1. The number of aromatic nitrogens is 5. The summed E-state index contributed by atoms with van der Waals surface area (Å²) < 4.78 is 1.98. The highest BCUT2D eigenvalue weighted by atomic mass is 16.3. The Kier molecular flexibility index (Phi) is 4.93. The van der Waals surface area contributed by atoms with Crippen LogP contribution in [0.25, 0.3) is 28.1 Å². The van der Waals surface area contributed by atoms with Crippen molar-refractivity contribution in [2.45, 2.75) is 32.5 Å². The number of nitrogens with zero attached hydrogens (tertiary/aromatic N) is 4. The van der Waals surface area contributed by atoms with Gasteiger partial charge in [0.05, 0.1) is 6.10 Å². The van der Waals surface area contributed by atoms with Crippen LogP contribution in [-0.2, 0) is 0 Å². The first-order chi connectivity index (χ1) is 13.5. The molecule has 0 aliphatic heterocycles. The summed E-state index contributed by atoms with van der Waals surface area (Å²) in [6.07, 6.45) is 3.84. The summed E-state index contributed by atoms with van der Waals surface area (Å²) in [5, 5.41) is 28.3. The van der Waals surface area contributed by atoms with Crippen molar-refractivity contribution in [2.24, 2.45) is 5.92 Å². The average molecular weight is 377 g/mol. The minimum atomic E-state index is -0.947. The van der Waals surface area contributed by atoms with E-state index in [1.807, 2.05) is 61.0 Å². The third-order valence-corrected chi connectivity index (χ3v) is 4.78. The average Bonchev–Trinajstić information content (AvgIpc) is 3.36. The van der Waals surface area contributed by atoms with E-state index in [2.05, 4.69) is 20.2 Å². The maximum atomic E-state index is 10.5. The molecule has 144 valence electrons. The summed E-state index contributed by atoms with van der Waals surface area (Å²) in [5.74, 6) is 1.01. The summed E-state index contributed by atoms with van der Waals surface area (Å²) in [5.41, 5.74) is 3.28. The normalized spacial score (nSPS) is 13.9. The van der Waals surface area contributed by atoms with E-state index in [4.69, 9.17) is 0 Å². The van der Waals surface area contributed by atoms with Gasteiger partial charge in [0.2, 0.25) is 0 Å². The Morgan fingerprint density at radius 3 is 2.71 bits per heavy atom. The molecule has 0 fully saturated rings. The molecule has 0 saturated heterocycles. The summed E-state index contributed by atoms with van der Waals surface area (Å²) >= 11 is 0. The third-order valence-electron chi connectivity index (χ3n) is 4.78. The van der Waals surface area contributed by atoms with Gasteiger partial charge in [-0.05, 0) is 36.6 Å². The van der Waals surface area contributed by atoms with Gasteiger partial charge in [-0.2, -0.15) is 5.10 Å². The van der Waals surface area contributed by atoms with Crippen molar-refractivity contribution >= 4 is 11.0 Å². The first-order valence-corrected chi connectivity index (χ1v) is 9.32. The lowest BCUT2D eigenvalue weighted by atomic mass is 9.97. The van der Waals surface area contributed by atoms with Crippen LogP contribution in [0, 0.1) is 5.92 Å². The molecule has 1 aromatic carbocycles. The molecular weight excluding hydrogens is 354 g/mol. The van der Waals surface area contributed by atoms with Gasteiger partial charge in [-0.1, -0.05) is 26.0 Å². The quantitative estimate of drug-likeness (QED) is 0.479. The summed E-state index contributed by atoms with van der Waals surface area (Å²) in [4.78, 5) is 8.74. The highest BCUT2D eigenvalue weighted by Crippen LogP contribution is 2.27. The third kappa shape index (κ3) is 3.54. The minimum Gasteiger partial charge on any atom is -0.390 e. The van der Waals surface area contributed by atoms with Crippen molar-refractivity contribution < 1.29 is 10.2 Å². The molecule has 4 aromatic rings. The SMILES string of the molecule is CC(C)C[C@@H](O)[C@H](O)c1cnc2c(ccn2-c2cccc(-c3ncn[nH]3)c2)c1. The number of aliphatic hydroxyl groups is 2. The number of rotatable bonds is 6. The Balaban J connectivity index is 1.66. The molecule has 28 heavy (non-hydrogen) atoms. The number of aromatic amines is 1. The second-order valence-electron chi connectivity index (χ2n) is 7.39. The van der Waals surface area contributed by atoms with Crippen LogP contribution in [0.5, 0.6) is 0 Å². The molecule has 3 heterocycles. The molecule has 0 amide bonds. The van der Waals surface area contributed by atoms with Gasteiger partial charge in [0.1, 0.15) is 18.1 Å². The van der Waals surface area contributed by atoms with Gasteiger partial charge in [-0.25, -0.2) is 9.97 Å². The lowest BCUT2D eigenvalue weighted by molar-refractivity contribution is 0.00624. The minimum absolute atomic E-state index is 0.305. The fourth-order valence-corrected chi connectivity index (χ4v) is 3.39. The highest BCUT2D eigenvalue weighted by Gasteiger charge is 2.20. The van der Waals surface area contributed by atoms with E-state index in [0.29, 0.717) is 23.7 Å². The molecule has 2 atom stereocenters. The lowest BCUT2D eigenvalue weighted by Crippen LogP contribution is -2.20. The van der Waals surface area contributed by atoms with Crippen LogP contribution < -0.4 is 0 Å². The van der Waals surface area contributed by atoms with Gasteiger partial charge < -0.3 is 14.8 Å². The van der Waals surface area contributed by atoms with Gasteiger partial charge in [0, 0.05) is 34.6 Å². The zero-order chi connectivity index (χ0) is 19.7. The van der Waals surface area contributed by atoms with E-state index >= 15 is 0 Å². The first-order valence-electron chi connectivity index (χ1n) is 9.32. The first kappa shape index (κ1) is 18.3. The standard InChI is InChI=1S/C21H23N5O2/c1-13(2)8-18(27)19(28)16-9-15-6-7-26(21(15)22-11-16)17-5-3-4-14(10-17)20-23-12-24-25-20/h3-7,9-13,18-19,27-28H,8H2,1-2H3,(H,23,24,25)/t18-,19-/m1/s1. The molecular formula is C21H23N5O2. The van der Waals surface area contributed by atoms with Crippen molar-refractivity contribution in [1.29, 1.82) is 0 Å². The molecule has 0 spiro atoms. The molecule has 0 aliphatic rings. The molecule has 7 heteroatoms. The Hall–Kier alpha value is -3.03. The number of pyridine rings is 1. The van der Waals surface area contributed by atoms with E-state index in [1.54, 1.807) is 6.20 Å². The van der Waals surface area contributed by atoms with Crippen LogP contribution in [0.1, 0.15) is 31.9 Å². The topological polar surface area (TPSA) is 99.8 Å². The fraction of sp³-hybridized carbons (Fsp3) is 0.286. The van der Waals surface area contributed by atoms with Crippen LogP contribution in [-0.4, -0.2) is 41.0 Å². The number of hydrogen-bond acceptors (Lipinski definition) is 5. The Morgan fingerprint density at radius 2 is 1.96 bits per heavy atom. The van der Waals surface area contributed by atoms with E-state index in [0.717, 1.165) is 22.3 Å². The Bertz CT molecular complexity index is 1070. The van der Waals surface area contributed by atoms with Gasteiger partial charge in [-0.15, -0.1) is 0 Å². The van der Waals surface area contributed by atoms with Gasteiger partial charge in [0.25, 0.3) is 0 Å². The van der Waals surface area contributed by atoms with Gasteiger partial charge in [0.15, 0.2) is 5.82 Å². The second-order valence-corrected chi connectivity index (χ2v) is 7.39. The van der Waals surface area contributed by atoms with E-state index < -0.39 is 12.2 Å². The maximum Gasteiger partial charge on any atom is 0.155 e. The molecule has 0 radical (unpaired) electrons. The van der Waals surface area contributed by atoms with Crippen LogP contribution >= 0.6 is 0 Å². The number of nitrogens with one attached hydrogen (secondary N) is 1. The van der Waals surface area contributed by atoms with E-state index in [9.17, 15) is 10.2 Å². The fourth-order valence-electron chi connectivity index (χ4n) is 3.39. The summed E-state index contributed by atoms with van der Waals surface area (Å²) in [7, 11) is 0. The van der Waals surface area contributed by atoms with Crippen molar-refractivity contribution in [3.8, 4) is 17.1 Å². The number of hydrogen-bond donors (Lipinski definition) is 3. The van der Waals surface area contributed by atoms with Crippen molar-refractivity contribution in [2.75, 3.05) is 0 Å². The monoisotopic (exact) mass is 377 g/mol. The van der Waals surface area contributed by atoms with Gasteiger partial charge >= 0.3 is 0 Å². The number of H-pyrrole nitrogens is 1. The predicted octanol–water partition coefficient (Wildman–Crippen LogP) is 3.25. The van der Waals surface area contributed by atoms with Gasteiger partial charge in [-0.3, -0.25) is 5.10 Å². The lowest BCUT2D eigenvalue weighted by Gasteiger charge is -2.19. The molecule has 0 bridgehead atoms. The van der Waals surface area contributed by atoms with Crippen LogP contribution in [0.4, 0.5) is 0 Å². The molecule has 0 unspecified atom stereocenters. The maximum absolute atomic E-state index is 10.5. The molecule has 0 saturated carbocycles. The van der Waals surface area contributed by atoms with Crippen molar-refractivity contribution in [3.05, 3.63) is 60.7 Å². The Morgan fingerprint density at radius 1 is 1.11 bits per heavy atom. The van der Waals surface area contributed by atoms with Crippen LogP contribution in [0.15, 0.2) is 55.1 Å². The van der Waals surface area contributed by atoms with Crippen LogP contribution in [0.2, 0.25) is 0 Å². The highest BCUT2D eigenvalue weighted by molar-refractivity contribution is 5.79. The molecule has 3 N–H and O–H groups in total. The summed E-state index contributed by atoms with van der Waals surface area (Å²) in [6.45, 7) is 4.04. The molecule has 7 nitrogen and oxygen atoms in total. The molecule has 4 rings (SSSR count). The number of aliphatic hydroxyl groups excluding tert-OH is 2. The zero-order valence-electron chi connectivity index (χ0n) is 15.8. The van der Waals surface area contributed by atoms with Crippen molar-refractivity contribution in [1.82, 2.24) is 24.7 Å².